The molecule has 0 bridgehead atoms. The summed E-state index contributed by atoms with van der Waals surface area (Å²) in [5.74, 6) is 0. The van der Waals surface area contributed by atoms with Gasteiger partial charge in [0.15, 0.2) is 0 Å². The van der Waals surface area contributed by atoms with Gasteiger partial charge in [-0.05, 0) is 51.7 Å². The largest absolute Gasteiger partial charge is 0.354 e. The Labute approximate surface area is 163 Å². The summed E-state index contributed by atoms with van der Waals surface area (Å²) >= 11 is 6.07. The number of fused-ring (bicyclic) bond motifs is 2. The summed E-state index contributed by atoms with van der Waals surface area (Å²) in [6, 6.07) is 31.8. The first-order valence-electron chi connectivity index (χ1n) is 9.11. The van der Waals surface area contributed by atoms with Crippen LogP contribution in [-0.4, -0.2) is 4.98 Å². The summed E-state index contributed by atoms with van der Waals surface area (Å²) in [6.45, 7) is 0. The molecule has 0 saturated heterocycles. The van der Waals surface area contributed by atoms with Crippen molar-refractivity contribution in [2.45, 2.75) is 6.42 Å². The normalized spacial score (nSPS) is 11.3. The van der Waals surface area contributed by atoms with Crippen LogP contribution in [0.1, 0.15) is 11.1 Å². The van der Waals surface area contributed by atoms with Gasteiger partial charge in [-0.3, -0.25) is 0 Å². The molecule has 0 saturated carbocycles. The highest BCUT2D eigenvalue weighted by atomic mass is 35.5. The summed E-state index contributed by atoms with van der Waals surface area (Å²) < 4.78 is 0. The van der Waals surface area contributed by atoms with Gasteiger partial charge in [0.1, 0.15) is 0 Å². The number of hydrogen-bond donors (Lipinski definition) is 1. The highest BCUT2D eigenvalue weighted by molar-refractivity contribution is 6.30. The Balaban J connectivity index is 1.69. The van der Waals surface area contributed by atoms with Crippen molar-refractivity contribution in [3.05, 3.63) is 107 Å². The van der Waals surface area contributed by atoms with E-state index in [1.165, 1.54) is 44.1 Å². The Hall–Kier alpha value is -3.03. The van der Waals surface area contributed by atoms with E-state index in [2.05, 4.69) is 83.8 Å². The molecule has 0 radical (unpaired) electrons. The van der Waals surface area contributed by atoms with Gasteiger partial charge < -0.3 is 4.98 Å². The maximum atomic E-state index is 6.07. The fourth-order valence-corrected chi connectivity index (χ4v) is 3.91. The van der Waals surface area contributed by atoms with Crippen LogP contribution in [0.5, 0.6) is 0 Å². The summed E-state index contributed by atoms with van der Waals surface area (Å²) in [7, 11) is 0. The molecule has 1 heterocycles. The van der Waals surface area contributed by atoms with Crippen LogP contribution in [0.2, 0.25) is 5.02 Å². The average Bonchev–Trinajstić information content (AvgIpc) is 3.08. The number of aromatic amines is 1. The van der Waals surface area contributed by atoms with E-state index in [0.717, 1.165) is 11.4 Å². The molecule has 0 atom stereocenters. The first-order chi connectivity index (χ1) is 13.3. The lowest BCUT2D eigenvalue weighted by Gasteiger charge is -2.08. The molecule has 0 fully saturated rings. The van der Waals surface area contributed by atoms with Crippen LogP contribution < -0.4 is 0 Å². The minimum absolute atomic E-state index is 0.771. The van der Waals surface area contributed by atoms with Crippen molar-refractivity contribution >= 4 is 33.3 Å². The molecule has 5 aromatic rings. The van der Waals surface area contributed by atoms with Gasteiger partial charge in [0, 0.05) is 22.3 Å². The molecular formula is C25H18ClN. The van der Waals surface area contributed by atoms with Gasteiger partial charge in [-0.15, -0.1) is 0 Å². The monoisotopic (exact) mass is 367 g/mol. The Morgan fingerprint density at radius 1 is 0.704 bits per heavy atom. The van der Waals surface area contributed by atoms with Gasteiger partial charge in [0.2, 0.25) is 0 Å². The van der Waals surface area contributed by atoms with Crippen molar-refractivity contribution in [2.24, 2.45) is 0 Å². The zero-order valence-corrected chi connectivity index (χ0v) is 15.5. The van der Waals surface area contributed by atoms with Crippen molar-refractivity contribution < 1.29 is 0 Å². The number of nitrogens with one attached hydrogen (secondary N) is 1. The molecule has 1 N–H and O–H groups in total. The number of benzene rings is 4. The van der Waals surface area contributed by atoms with E-state index in [9.17, 15) is 0 Å². The van der Waals surface area contributed by atoms with Gasteiger partial charge in [0.25, 0.3) is 0 Å². The number of para-hydroxylation sites is 1. The van der Waals surface area contributed by atoms with Crippen LogP contribution in [0.4, 0.5) is 0 Å². The van der Waals surface area contributed by atoms with Crippen molar-refractivity contribution in [3.63, 3.8) is 0 Å². The zero-order valence-electron chi connectivity index (χ0n) is 14.7. The molecule has 0 aliphatic heterocycles. The molecular weight excluding hydrogens is 350 g/mol. The number of hydrogen-bond acceptors (Lipinski definition) is 0. The molecule has 0 aliphatic rings. The minimum Gasteiger partial charge on any atom is -0.354 e. The summed E-state index contributed by atoms with van der Waals surface area (Å²) in [4.78, 5) is 3.65. The van der Waals surface area contributed by atoms with E-state index >= 15 is 0 Å². The minimum atomic E-state index is 0.771. The second kappa shape index (κ2) is 6.61. The van der Waals surface area contributed by atoms with Crippen LogP contribution >= 0.6 is 11.6 Å². The number of halogens is 1. The standard InChI is InChI=1S/C25H18ClN/c26-21-13-9-17(10-14-21)15-23-22-7-3-4-8-24(22)27-25(23)20-12-11-18-5-1-2-6-19(18)16-20/h1-14,16,27H,15H2. The molecule has 2 heteroatoms. The first-order valence-corrected chi connectivity index (χ1v) is 9.49. The molecule has 1 aromatic heterocycles. The van der Waals surface area contributed by atoms with Crippen molar-refractivity contribution in [1.82, 2.24) is 4.98 Å². The summed E-state index contributed by atoms with van der Waals surface area (Å²) in [6.07, 6.45) is 0.864. The fraction of sp³-hybridized carbons (Fsp3) is 0.0400. The maximum absolute atomic E-state index is 6.07. The second-order valence-corrected chi connectivity index (χ2v) is 7.33. The van der Waals surface area contributed by atoms with Gasteiger partial charge in [-0.25, -0.2) is 0 Å². The van der Waals surface area contributed by atoms with Gasteiger partial charge in [-0.1, -0.05) is 78.3 Å². The number of rotatable bonds is 3. The third kappa shape index (κ3) is 3.01. The van der Waals surface area contributed by atoms with Gasteiger partial charge in [0.05, 0.1) is 5.69 Å². The predicted molar refractivity (Wildman–Crippen MR) is 115 cm³/mol. The van der Waals surface area contributed by atoms with E-state index in [-0.39, 0.29) is 0 Å². The molecule has 5 rings (SSSR count). The Bertz CT molecular complexity index is 1250. The second-order valence-electron chi connectivity index (χ2n) is 6.89. The lowest BCUT2D eigenvalue weighted by molar-refractivity contribution is 1.21. The quantitative estimate of drug-likeness (QED) is 0.346. The Kier molecular flexibility index (Phi) is 3.95. The SMILES string of the molecule is Clc1ccc(Cc2c(-c3ccc4ccccc4c3)[nH]c3ccccc23)cc1. The molecule has 0 amide bonds. The molecule has 130 valence electrons. The van der Waals surface area contributed by atoms with Crippen LogP contribution in [-0.2, 0) is 6.42 Å². The zero-order chi connectivity index (χ0) is 18.2. The number of H-pyrrole nitrogens is 1. The third-order valence-corrected chi connectivity index (χ3v) is 5.40. The van der Waals surface area contributed by atoms with Gasteiger partial charge in [-0.2, -0.15) is 0 Å². The topological polar surface area (TPSA) is 15.8 Å². The molecule has 4 aromatic carbocycles. The van der Waals surface area contributed by atoms with E-state index in [1.54, 1.807) is 0 Å². The first kappa shape index (κ1) is 16.2. The van der Waals surface area contributed by atoms with E-state index in [1.807, 2.05) is 12.1 Å². The summed E-state index contributed by atoms with van der Waals surface area (Å²) in [5.41, 5.74) is 6.16. The van der Waals surface area contributed by atoms with Crippen molar-refractivity contribution in [1.29, 1.82) is 0 Å². The van der Waals surface area contributed by atoms with E-state index < -0.39 is 0 Å². The lowest BCUT2D eigenvalue weighted by Crippen LogP contribution is -1.91. The average molecular weight is 368 g/mol. The maximum Gasteiger partial charge on any atom is 0.0500 e. The van der Waals surface area contributed by atoms with Crippen LogP contribution in [0, 0.1) is 0 Å². The van der Waals surface area contributed by atoms with E-state index in [4.69, 9.17) is 11.6 Å². The molecule has 0 unspecified atom stereocenters. The molecule has 27 heavy (non-hydrogen) atoms. The molecule has 0 aliphatic carbocycles. The van der Waals surface area contributed by atoms with Crippen molar-refractivity contribution in [3.8, 4) is 11.3 Å². The fourth-order valence-electron chi connectivity index (χ4n) is 3.78. The highest BCUT2D eigenvalue weighted by Gasteiger charge is 2.14. The smallest absolute Gasteiger partial charge is 0.0500 e. The van der Waals surface area contributed by atoms with E-state index in [0.29, 0.717) is 0 Å². The van der Waals surface area contributed by atoms with Crippen molar-refractivity contribution in [2.75, 3.05) is 0 Å². The number of aromatic nitrogens is 1. The molecule has 1 nitrogen and oxygen atoms in total. The lowest BCUT2D eigenvalue weighted by atomic mass is 9.97. The van der Waals surface area contributed by atoms with Crippen LogP contribution in [0.3, 0.4) is 0 Å². The Morgan fingerprint density at radius 2 is 1.44 bits per heavy atom. The van der Waals surface area contributed by atoms with Crippen LogP contribution in [0.25, 0.3) is 32.9 Å². The van der Waals surface area contributed by atoms with Crippen LogP contribution in [0.15, 0.2) is 91.0 Å². The van der Waals surface area contributed by atoms with Gasteiger partial charge >= 0.3 is 0 Å². The third-order valence-electron chi connectivity index (χ3n) is 5.15. The Morgan fingerprint density at radius 3 is 2.30 bits per heavy atom. The summed E-state index contributed by atoms with van der Waals surface area (Å²) in [5, 5.41) is 4.56. The molecule has 0 spiro atoms. The predicted octanol–water partition coefficient (Wildman–Crippen LogP) is 7.23. The highest BCUT2D eigenvalue weighted by Crippen LogP contribution is 2.33.